The van der Waals surface area contributed by atoms with E-state index in [2.05, 4.69) is 28.9 Å². The molecule has 2 aliphatic rings. The van der Waals surface area contributed by atoms with Crippen molar-refractivity contribution in [2.45, 2.75) is 56.4 Å². The summed E-state index contributed by atoms with van der Waals surface area (Å²) in [6, 6.07) is 6.19. The number of ether oxygens (including phenoxy) is 2. The van der Waals surface area contributed by atoms with Crippen molar-refractivity contribution < 1.29 is 9.47 Å². The quantitative estimate of drug-likeness (QED) is 0.732. The van der Waals surface area contributed by atoms with Gasteiger partial charge in [-0.3, -0.25) is 0 Å². The zero-order chi connectivity index (χ0) is 14.2. The molecule has 110 valence electrons. The average Bonchev–Trinajstić information content (AvgIpc) is 2.49. The van der Waals surface area contributed by atoms with E-state index in [0.29, 0.717) is 16.3 Å². The minimum Gasteiger partial charge on any atom is -0.493 e. The molecule has 1 spiro atoms. The predicted molar refractivity (Wildman–Crippen MR) is 85.0 cm³/mol. The van der Waals surface area contributed by atoms with E-state index in [4.69, 9.17) is 9.47 Å². The normalized spacial score (nSPS) is 27.9. The molecule has 0 radical (unpaired) electrons. The molecule has 0 aliphatic heterocycles. The topological polar surface area (TPSA) is 18.5 Å². The summed E-state index contributed by atoms with van der Waals surface area (Å²) in [5, 5.41) is 0. The van der Waals surface area contributed by atoms with Gasteiger partial charge in [0.2, 0.25) is 0 Å². The van der Waals surface area contributed by atoms with Crippen LogP contribution in [-0.2, 0) is 0 Å². The van der Waals surface area contributed by atoms with Crippen molar-refractivity contribution in [3.05, 3.63) is 23.8 Å². The molecule has 0 amide bonds. The van der Waals surface area contributed by atoms with Crippen LogP contribution in [0.1, 0.15) is 44.1 Å². The van der Waals surface area contributed by atoms with Crippen molar-refractivity contribution in [2.24, 2.45) is 5.41 Å². The number of hydrogen-bond acceptors (Lipinski definition) is 2. The SMILES string of the molecule is COc1cc(C)ccc1OC1CC(Br)C12CCCCC2. The summed E-state index contributed by atoms with van der Waals surface area (Å²) < 4.78 is 11.8. The van der Waals surface area contributed by atoms with Gasteiger partial charge in [-0.15, -0.1) is 0 Å². The van der Waals surface area contributed by atoms with Crippen molar-refractivity contribution in [3.8, 4) is 11.5 Å². The monoisotopic (exact) mass is 338 g/mol. The van der Waals surface area contributed by atoms with Crippen LogP contribution in [0.2, 0.25) is 0 Å². The Hall–Kier alpha value is -0.700. The van der Waals surface area contributed by atoms with Crippen LogP contribution in [0.3, 0.4) is 0 Å². The van der Waals surface area contributed by atoms with E-state index in [1.54, 1.807) is 7.11 Å². The van der Waals surface area contributed by atoms with Crippen LogP contribution < -0.4 is 9.47 Å². The van der Waals surface area contributed by atoms with Gasteiger partial charge in [-0.1, -0.05) is 41.3 Å². The van der Waals surface area contributed by atoms with Crippen molar-refractivity contribution in [3.63, 3.8) is 0 Å². The average molecular weight is 339 g/mol. The van der Waals surface area contributed by atoms with Crippen LogP contribution in [0.15, 0.2) is 18.2 Å². The Balaban J connectivity index is 1.78. The van der Waals surface area contributed by atoms with Crippen molar-refractivity contribution in [1.82, 2.24) is 0 Å². The molecule has 0 N–H and O–H groups in total. The fraction of sp³-hybridized carbons (Fsp3) is 0.647. The maximum Gasteiger partial charge on any atom is 0.161 e. The molecular weight excluding hydrogens is 316 g/mol. The van der Waals surface area contributed by atoms with Gasteiger partial charge in [0.1, 0.15) is 6.10 Å². The molecule has 2 aliphatic carbocycles. The van der Waals surface area contributed by atoms with Gasteiger partial charge in [0.15, 0.2) is 11.5 Å². The molecule has 3 heteroatoms. The molecule has 2 unspecified atom stereocenters. The van der Waals surface area contributed by atoms with E-state index in [-0.39, 0.29) is 0 Å². The standard InChI is InChI=1S/C17H23BrO2/c1-12-6-7-13(14(10-12)19-2)20-16-11-15(18)17(16)8-4-3-5-9-17/h6-7,10,15-16H,3-5,8-9,11H2,1-2H3. The lowest BCUT2D eigenvalue weighted by Gasteiger charge is -2.55. The molecule has 2 atom stereocenters. The highest BCUT2D eigenvalue weighted by Gasteiger charge is 2.55. The second-order valence-electron chi connectivity index (χ2n) is 6.26. The van der Waals surface area contributed by atoms with E-state index in [9.17, 15) is 0 Å². The molecule has 2 nitrogen and oxygen atoms in total. The summed E-state index contributed by atoms with van der Waals surface area (Å²) in [6.45, 7) is 2.08. The fourth-order valence-electron chi connectivity index (χ4n) is 3.73. The highest BCUT2D eigenvalue weighted by molar-refractivity contribution is 9.09. The first-order valence-electron chi connectivity index (χ1n) is 7.61. The largest absolute Gasteiger partial charge is 0.493 e. The van der Waals surface area contributed by atoms with Gasteiger partial charge >= 0.3 is 0 Å². The first-order valence-corrected chi connectivity index (χ1v) is 8.53. The zero-order valence-electron chi connectivity index (χ0n) is 12.3. The molecule has 2 fully saturated rings. The first kappa shape index (κ1) is 14.2. The maximum absolute atomic E-state index is 6.34. The van der Waals surface area contributed by atoms with E-state index in [1.807, 2.05) is 12.1 Å². The van der Waals surface area contributed by atoms with E-state index in [0.717, 1.165) is 17.9 Å². The minimum atomic E-state index is 0.337. The number of halogens is 1. The summed E-state index contributed by atoms with van der Waals surface area (Å²) in [7, 11) is 1.71. The number of hydrogen-bond donors (Lipinski definition) is 0. The third kappa shape index (κ3) is 2.34. The smallest absolute Gasteiger partial charge is 0.161 e. The second-order valence-corrected chi connectivity index (χ2v) is 7.36. The van der Waals surface area contributed by atoms with Crippen LogP contribution in [0.4, 0.5) is 0 Å². The van der Waals surface area contributed by atoms with Crippen molar-refractivity contribution in [2.75, 3.05) is 7.11 Å². The molecule has 0 bridgehead atoms. The Morgan fingerprint density at radius 1 is 1.15 bits per heavy atom. The van der Waals surface area contributed by atoms with Gasteiger partial charge in [-0.2, -0.15) is 0 Å². The number of rotatable bonds is 3. The Bertz CT molecular complexity index is 480. The third-order valence-corrected chi connectivity index (χ3v) is 6.34. The highest BCUT2D eigenvalue weighted by atomic mass is 79.9. The second kappa shape index (κ2) is 5.59. The fourth-order valence-corrected chi connectivity index (χ4v) is 4.83. The Morgan fingerprint density at radius 3 is 2.55 bits per heavy atom. The van der Waals surface area contributed by atoms with E-state index in [1.165, 1.54) is 37.7 Å². The summed E-state index contributed by atoms with van der Waals surface area (Å²) in [5.41, 5.74) is 1.56. The lowest BCUT2D eigenvalue weighted by Crippen LogP contribution is -2.57. The molecular formula is C17H23BrO2. The number of methoxy groups -OCH3 is 1. The van der Waals surface area contributed by atoms with Gasteiger partial charge < -0.3 is 9.47 Å². The van der Waals surface area contributed by atoms with E-state index >= 15 is 0 Å². The predicted octanol–water partition coefficient (Wildman–Crippen LogP) is 4.87. The first-order chi connectivity index (χ1) is 9.65. The Kier molecular flexibility index (Phi) is 3.98. The molecule has 2 saturated carbocycles. The minimum absolute atomic E-state index is 0.337. The molecule has 1 aromatic carbocycles. The Morgan fingerprint density at radius 2 is 1.90 bits per heavy atom. The molecule has 1 aromatic rings. The molecule has 3 rings (SSSR count). The molecule has 0 heterocycles. The van der Waals surface area contributed by atoms with Gasteiger partial charge in [0, 0.05) is 10.2 Å². The van der Waals surface area contributed by atoms with Crippen LogP contribution in [0.5, 0.6) is 11.5 Å². The molecule has 20 heavy (non-hydrogen) atoms. The maximum atomic E-state index is 6.34. The Labute approximate surface area is 130 Å². The highest BCUT2D eigenvalue weighted by Crippen LogP contribution is 2.56. The van der Waals surface area contributed by atoms with Crippen molar-refractivity contribution in [1.29, 1.82) is 0 Å². The third-order valence-electron chi connectivity index (χ3n) is 5.06. The summed E-state index contributed by atoms with van der Waals surface area (Å²) >= 11 is 3.87. The zero-order valence-corrected chi connectivity index (χ0v) is 13.9. The van der Waals surface area contributed by atoms with Crippen LogP contribution in [0, 0.1) is 12.3 Å². The lowest BCUT2D eigenvalue weighted by molar-refractivity contribution is -0.0610. The summed E-state index contributed by atoms with van der Waals surface area (Å²) in [5.74, 6) is 1.75. The summed E-state index contributed by atoms with van der Waals surface area (Å²) in [4.78, 5) is 0.622. The van der Waals surface area contributed by atoms with Gasteiger partial charge in [-0.05, 0) is 43.9 Å². The van der Waals surface area contributed by atoms with E-state index < -0.39 is 0 Å². The number of benzene rings is 1. The van der Waals surface area contributed by atoms with Crippen LogP contribution in [-0.4, -0.2) is 18.0 Å². The number of aryl methyl sites for hydroxylation is 1. The molecule has 0 saturated heterocycles. The number of alkyl halides is 1. The van der Waals surface area contributed by atoms with Crippen molar-refractivity contribution >= 4 is 15.9 Å². The van der Waals surface area contributed by atoms with Gasteiger partial charge in [-0.25, -0.2) is 0 Å². The van der Waals surface area contributed by atoms with Crippen LogP contribution >= 0.6 is 15.9 Å². The lowest BCUT2D eigenvalue weighted by atomic mass is 9.58. The summed E-state index contributed by atoms with van der Waals surface area (Å²) in [6.07, 6.45) is 8.09. The van der Waals surface area contributed by atoms with Gasteiger partial charge in [0.25, 0.3) is 0 Å². The van der Waals surface area contributed by atoms with Crippen LogP contribution in [0.25, 0.3) is 0 Å². The van der Waals surface area contributed by atoms with Gasteiger partial charge in [0.05, 0.1) is 7.11 Å². The molecule has 0 aromatic heterocycles.